The van der Waals surface area contributed by atoms with Gasteiger partial charge in [0.1, 0.15) is 6.61 Å². The van der Waals surface area contributed by atoms with Crippen LogP contribution in [0.25, 0.3) is 17.2 Å². The van der Waals surface area contributed by atoms with Crippen LogP contribution in [0.1, 0.15) is 34.9 Å². The lowest BCUT2D eigenvalue weighted by atomic mass is 9.98. The molecule has 1 heterocycles. The van der Waals surface area contributed by atoms with Crippen molar-refractivity contribution in [3.8, 4) is 11.1 Å². The molecule has 0 atom stereocenters. The molecular formula is C24H23N3O2. The molecule has 5 nitrogen and oxygen atoms in total. The second-order valence-corrected chi connectivity index (χ2v) is 7.03. The van der Waals surface area contributed by atoms with Gasteiger partial charge in [-0.05, 0) is 41.7 Å². The van der Waals surface area contributed by atoms with Crippen molar-refractivity contribution in [2.24, 2.45) is 0 Å². The molecule has 4 rings (SSSR count). The maximum absolute atomic E-state index is 12.1. The monoisotopic (exact) mass is 385 g/mol. The third-order valence-electron chi connectivity index (χ3n) is 4.99. The number of amides is 1. The Morgan fingerprint density at radius 3 is 2.45 bits per heavy atom. The number of carbonyl (C=O) groups excluding carboxylic acids is 1. The summed E-state index contributed by atoms with van der Waals surface area (Å²) in [6, 6.07) is 16.6. The lowest BCUT2D eigenvalue weighted by Gasteiger charge is -2.14. The fourth-order valence-corrected chi connectivity index (χ4v) is 3.67. The van der Waals surface area contributed by atoms with Gasteiger partial charge in [-0.25, -0.2) is 4.79 Å². The van der Waals surface area contributed by atoms with Crippen LogP contribution < -0.4 is 5.32 Å². The van der Waals surface area contributed by atoms with Gasteiger partial charge in [0.25, 0.3) is 0 Å². The fourth-order valence-electron chi connectivity index (χ4n) is 3.67. The topological polar surface area (TPSA) is 64.1 Å². The van der Waals surface area contributed by atoms with E-state index in [1.807, 2.05) is 43.3 Å². The number of aromatic nitrogens is 2. The number of nitrogens with one attached hydrogen (secondary N) is 1. The van der Waals surface area contributed by atoms with Crippen molar-refractivity contribution in [2.45, 2.75) is 19.3 Å². The first kappa shape index (κ1) is 18.9. The van der Waals surface area contributed by atoms with Crippen molar-refractivity contribution in [3.05, 3.63) is 89.5 Å². The Balaban J connectivity index is 1.28. The molecule has 5 heteroatoms. The Morgan fingerprint density at radius 1 is 1.07 bits per heavy atom. The van der Waals surface area contributed by atoms with Crippen molar-refractivity contribution in [1.29, 1.82) is 0 Å². The van der Waals surface area contributed by atoms with Crippen LogP contribution >= 0.6 is 0 Å². The number of rotatable bonds is 6. The van der Waals surface area contributed by atoms with Crippen LogP contribution in [0.4, 0.5) is 4.79 Å². The summed E-state index contributed by atoms with van der Waals surface area (Å²) in [7, 11) is 0. The summed E-state index contributed by atoms with van der Waals surface area (Å²) in [5.41, 5.74) is 6.56. The van der Waals surface area contributed by atoms with Gasteiger partial charge in [0.05, 0.1) is 17.6 Å². The molecule has 29 heavy (non-hydrogen) atoms. The number of ether oxygens (including phenoxy) is 1. The van der Waals surface area contributed by atoms with E-state index in [-0.39, 0.29) is 5.92 Å². The molecule has 1 aliphatic carbocycles. The van der Waals surface area contributed by atoms with Crippen LogP contribution in [-0.4, -0.2) is 29.2 Å². The number of nitrogens with zero attached hydrogens (tertiary/aromatic N) is 2. The largest absolute Gasteiger partial charge is 0.449 e. The molecule has 1 aromatic heterocycles. The Bertz CT molecular complexity index is 1000. The van der Waals surface area contributed by atoms with Gasteiger partial charge in [0.2, 0.25) is 0 Å². The van der Waals surface area contributed by atoms with E-state index in [4.69, 9.17) is 4.74 Å². The van der Waals surface area contributed by atoms with Gasteiger partial charge >= 0.3 is 6.09 Å². The first-order chi connectivity index (χ1) is 14.2. The fraction of sp³-hybridized carbons (Fsp3) is 0.208. The zero-order valence-electron chi connectivity index (χ0n) is 16.3. The first-order valence-corrected chi connectivity index (χ1v) is 9.76. The van der Waals surface area contributed by atoms with Crippen LogP contribution in [0.5, 0.6) is 0 Å². The van der Waals surface area contributed by atoms with Crippen molar-refractivity contribution in [3.63, 3.8) is 0 Å². The lowest BCUT2D eigenvalue weighted by molar-refractivity contribution is 0.143. The third-order valence-corrected chi connectivity index (χ3v) is 4.99. The van der Waals surface area contributed by atoms with E-state index in [9.17, 15) is 4.79 Å². The molecular weight excluding hydrogens is 362 g/mol. The number of carbonyl (C=O) groups is 1. The average Bonchev–Trinajstić information content (AvgIpc) is 3.06. The molecule has 1 amide bonds. The maximum atomic E-state index is 12.1. The van der Waals surface area contributed by atoms with E-state index < -0.39 is 6.09 Å². The summed E-state index contributed by atoms with van der Waals surface area (Å²) >= 11 is 0. The molecule has 0 saturated carbocycles. The minimum atomic E-state index is -0.393. The van der Waals surface area contributed by atoms with Gasteiger partial charge in [-0.3, -0.25) is 9.97 Å². The predicted molar refractivity (Wildman–Crippen MR) is 113 cm³/mol. The van der Waals surface area contributed by atoms with Crippen LogP contribution in [0, 0.1) is 6.92 Å². The molecule has 0 aliphatic heterocycles. The number of fused-ring (bicyclic) bond motifs is 3. The molecule has 0 bridgehead atoms. The summed E-state index contributed by atoms with van der Waals surface area (Å²) < 4.78 is 5.52. The molecule has 0 radical (unpaired) electrons. The van der Waals surface area contributed by atoms with E-state index in [0.717, 1.165) is 11.4 Å². The Labute approximate surface area is 170 Å². The van der Waals surface area contributed by atoms with Crippen molar-refractivity contribution in [2.75, 3.05) is 13.2 Å². The summed E-state index contributed by atoms with van der Waals surface area (Å²) in [4.78, 5) is 20.6. The molecule has 2 aromatic carbocycles. The Hall–Kier alpha value is -3.47. The molecule has 1 N–H and O–H groups in total. The summed E-state index contributed by atoms with van der Waals surface area (Å²) in [6.45, 7) is 2.74. The number of alkyl carbamates (subject to hydrolysis) is 1. The van der Waals surface area contributed by atoms with Crippen LogP contribution in [0.15, 0.2) is 67.0 Å². The SMILES string of the molecule is Cc1cncc(C=CCCNC(=O)OCC2c3ccccc3-c3ccccc32)n1. The molecule has 3 aromatic rings. The van der Waals surface area contributed by atoms with E-state index in [0.29, 0.717) is 19.6 Å². The highest BCUT2D eigenvalue weighted by Crippen LogP contribution is 2.44. The van der Waals surface area contributed by atoms with Gasteiger partial charge in [0, 0.05) is 18.7 Å². The highest BCUT2D eigenvalue weighted by Gasteiger charge is 2.28. The first-order valence-electron chi connectivity index (χ1n) is 9.76. The molecule has 0 fully saturated rings. The predicted octanol–water partition coefficient (Wildman–Crippen LogP) is 4.73. The molecule has 0 unspecified atom stereocenters. The zero-order valence-corrected chi connectivity index (χ0v) is 16.3. The Kier molecular flexibility index (Phi) is 5.66. The van der Waals surface area contributed by atoms with Gasteiger partial charge in [-0.2, -0.15) is 0 Å². The summed E-state index contributed by atoms with van der Waals surface area (Å²) in [5.74, 6) is 0.0768. The normalized spacial score (nSPS) is 12.6. The highest BCUT2D eigenvalue weighted by molar-refractivity contribution is 5.79. The van der Waals surface area contributed by atoms with Crippen molar-refractivity contribution < 1.29 is 9.53 Å². The number of hydrogen-bond donors (Lipinski definition) is 1. The lowest BCUT2D eigenvalue weighted by Crippen LogP contribution is -2.26. The summed E-state index contributed by atoms with van der Waals surface area (Å²) in [6.07, 6.45) is 7.60. The van der Waals surface area contributed by atoms with Gasteiger partial charge in [-0.15, -0.1) is 0 Å². The van der Waals surface area contributed by atoms with E-state index in [1.54, 1.807) is 12.4 Å². The van der Waals surface area contributed by atoms with E-state index in [2.05, 4.69) is 39.6 Å². The second kappa shape index (κ2) is 8.69. The molecule has 1 aliphatic rings. The minimum absolute atomic E-state index is 0.0768. The molecule has 0 spiro atoms. The van der Waals surface area contributed by atoms with Crippen LogP contribution in [-0.2, 0) is 4.74 Å². The third kappa shape index (κ3) is 4.35. The van der Waals surface area contributed by atoms with Crippen LogP contribution in [0.2, 0.25) is 0 Å². The van der Waals surface area contributed by atoms with E-state index in [1.165, 1.54) is 22.3 Å². The number of benzene rings is 2. The average molecular weight is 385 g/mol. The molecule has 0 saturated heterocycles. The standard InChI is InChI=1S/C24H23N3O2/c1-17-14-25-15-18(27-17)8-6-7-13-26-24(28)29-16-23-21-11-4-2-9-19(21)20-10-3-5-12-22(20)23/h2-6,8-12,14-15,23H,7,13,16H2,1H3,(H,26,28). The smallest absolute Gasteiger partial charge is 0.407 e. The van der Waals surface area contributed by atoms with Crippen molar-refractivity contribution >= 4 is 12.2 Å². The Morgan fingerprint density at radius 2 is 1.76 bits per heavy atom. The number of aryl methyl sites for hydroxylation is 1. The minimum Gasteiger partial charge on any atom is -0.449 e. The quantitative estimate of drug-likeness (QED) is 0.623. The van der Waals surface area contributed by atoms with Crippen molar-refractivity contribution in [1.82, 2.24) is 15.3 Å². The summed E-state index contributed by atoms with van der Waals surface area (Å²) in [5, 5.41) is 2.80. The molecule has 146 valence electrons. The number of hydrogen-bond acceptors (Lipinski definition) is 4. The second-order valence-electron chi connectivity index (χ2n) is 7.03. The zero-order chi connectivity index (χ0) is 20.1. The maximum Gasteiger partial charge on any atom is 0.407 e. The van der Waals surface area contributed by atoms with E-state index >= 15 is 0 Å². The van der Waals surface area contributed by atoms with Gasteiger partial charge < -0.3 is 10.1 Å². The highest BCUT2D eigenvalue weighted by atomic mass is 16.5. The van der Waals surface area contributed by atoms with Gasteiger partial charge in [-0.1, -0.05) is 54.6 Å². The van der Waals surface area contributed by atoms with Crippen LogP contribution in [0.3, 0.4) is 0 Å². The van der Waals surface area contributed by atoms with Gasteiger partial charge in [0.15, 0.2) is 0 Å².